The molecule has 1 heterocycles. The molecule has 0 aliphatic carbocycles. The van der Waals surface area contributed by atoms with Crippen molar-refractivity contribution in [2.75, 3.05) is 6.54 Å². The Hall–Kier alpha value is -0.930. The van der Waals surface area contributed by atoms with Crippen LogP contribution in [0.25, 0.3) is 0 Å². The van der Waals surface area contributed by atoms with Gasteiger partial charge in [0.2, 0.25) is 0 Å². The third-order valence-corrected chi connectivity index (χ3v) is 3.76. The molecule has 2 nitrogen and oxygen atoms in total. The average Bonchev–Trinajstić information content (AvgIpc) is 2.27. The van der Waals surface area contributed by atoms with Gasteiger partial charge in [-0.25, -0.2) is 4.39 Å². The highest BCUT2D eigenvalue weighted by atomic mass is 19.1. The van der Waals surface area contributed by atoms with Crippen LogP contribution in [0.2, 0.25) is 0 Å². The Morgan fingerprint density at radius 2 is 2.12 bits per heavy atom. The second-order valence-electron chi connectivity index (χ2n) is 5.58. The quantitative estimate of drug-likeness (QED) is 0.855. The van der Waals surface area contributed by atoms with E-state index < -0.39 is 0 Å². The zero-order chi connectivity index (χ0) is 12.5. The van der Waals surface area contributed by atoms with Crippen molar-refractivity contribution in [2.45, 2.75) is 44.8 Å². The van der Waals surface area contributed by atoms with Crippen molar-refractivity contribution in [1.82, 2.24) is 4.90 Å². The van der Waals surface area contributed by atoms with Crippen molar-refractivity contribution in [3.05, 3.63) is 35.6 Å². The zero-order valence-electron chi connectivity index (χ0n) is 10.6. The molecule has 94 valence electrons. The maximum Gasteiger partial charge on any atom is 0.127 e. The van der Waals surface area contributed by atoms with Gasteiger partial charge in [-0.3, -0.25) is 4.90 Å². The second kappa shape index (κ2) is 4.75. The van der Waals surface area contributed by atoms with Gasteiger partial charge in [-0.2, -0.15) is 0 Å². The molecule has 0 aromatic heterocycles. The minimum Gasteiger partial charge on any atom is -0.327 e. The highest BCUT2D eigenvalue weighted by Gasteiger charge is 2.32. The van der Waals surface area contributed by atoms with E-state index in [1.54, 1.807) is 6.07 Å². The number of halogens is 1. The first-order valence-corrected chi connectivity index (χ1v) is 6.23. The van der Waals surface area contributed by atoms with Gasteiger partial charge in [0.1, 0.15) is 5.82 Å². The first kappa shape index (κ1) is 12.5. The number of rotatable bonds is 2. The van der Waals surface area contributed by atoms with Crippen LogP contribution in [0.4, 0.5) is 4.39 Å². The number of hydrogen-bond donors (Lipinski definition) is 1. The minimum absolute atomic E-state index is 0.109. The standard InChI is InChI=1S/C14H21FN2/c1-14(2)8-7-12(16)10-17(14)9-11-5-3-4-6-13(11)15/h3-6,12H,7-10,16H2,1-2H3. The molecule has 1 fully saturated rings. The number of piperidine rings is 1. The van der Waals surface area contributed by atoms with Gasteiger partial charge in [0, 0.05) is 30.2 Å². The van der Waals surface area contributed by atoms with Crippen molar-refractivity contribution in [3.63, 3.8) is 0 Å². The third-order valence-electron chi connectivity index (χ3n) is 3.76. The molecule has 3 heteroatoms. The normalized spacial score (nSPS) is 24.8. The second-order valence-corrected chi connectivity index (χ2v) is 5.58. The van der Waals surface area contributed by atoms with Crippen molar-refractivity contribution < 1.29 is 4.39 Å². The lowest BCUT2D eigenvalue weighted by Crippen LogP contribution is -2.53. The van der Waals surface area contributed by atoms with E-state index in [1.807, 2.05) is 12.1 Å². The Kier molecular flexibility index (Phi) is 3.50. The SMILES string of the molecule is CC1(C)CCC(N)CN1Cc1ccccc1F. The first-order valence-electron chi connectivity index (χ1n) is 6.23. The van der Waals surface area contributed by atoms with Crippen LogP contribution in [0.1, 0.15) is 32.3 Å². The Balaban J connectivity index is 2.14. The number of hydrogen-bond acceptors (Lipinski definition) is 2. The first-order chi connectivity index (χ1) is 7.99. The lowest BCUT2D eigenvalue weighted by molar-refractivity contribution is 0.0576. The maximum absolute atomic E-state index is 13.6. The molecule has 0 amide bonds. The Morgan fingerprint density at radius 3 is 2.82 bits per heavy atom. The number of nitrogens with zero attached hydrogens (tertiary/aromatic N) is 1. The third kappa shape index (κ3) is 2.85. The lowest BCUT2D eigenvalue weighted by atomic mass is 9.88. The summed E-state index contributed by atoms with van der Waals surface area (Å²) in [7, 11) is 0. The van der Waals surface area contributed by atoms with Crippen LogP contribution >= 0.6 is 0 Å². The minimum atomic E-state index is -0.123. The molecule has 1 aromatic rings. The fourth-order valence-corrected chi connectivity index (χ4v) is 2.43. The Bertz CT molecular complexity index is 390. The zero-order valence-corrected chi connectivity index (χ0v) is 10.6. The summed E-state index contributed by atoms with van der Waals surface area (Å²) in [5.41, 5.74) is 6.87. The average molecular weight is 236 g/mol. The van der Waals surface area contributed by atoms with Crippen molar-refractivity contribution in [1.29, 1.82) is 0 Å². The Morgan fingerprint density at radius 1 is 1.41 bits per heavy atom. The predicted molar refractivity (Wildman–Crippen MR) is 68.1 cm³/mol. The monoisotopic (exact) mass is 236 g/mol. The van der Waals surface area contributed by atoms with Gasteiger partial charge in [0.25, 0.3) is 0 Å². The van der Waals surface area contributed by atoms with E-state index in [1.165, 1.54) is 6.07 Å². The van der Waals surface area contributed by atoms with Crippen LogP contribution in [0.5, 0.6) is 0 Å². The van der Waals surface area contributed by atoms with Gasteiger partial charge in [0.05, 0.1) is 0 Å². The predicted octanol–water partition coefficient (Wildman–Crippen LogP) is 2.53. The van der Waals surface area contributed by atoms with Crippen molar-refractivity contribution >= 4 is 0 Å². The van der Waals surface area contributed by atoms with Gasteiger partial charge >= 0.3 is 0 Å². The molecule has 2 N–H and O–H groups in total. The number of nitrogens with two attached hydrogens (primary N) is 1. The fraction of sp³-hybridized carbons (Fsp3) is 0.571. The number of likely N-dealkylation sites (tertiary alicyclic amines) is 1. The molecule has 2 rings (SSSR count). The summed E-state index contributed by atoms with van der Waals surface area (Å²) in [6, 6.07) is 7.20. The summed E-state index contributed by atoms with van der Waals surface area (Å²) in [6.07, 6.45) is 2.13. The van der Waals surface area contributed by atoms with E-state index in [0.717, 1.165) is 24.9 Å². The molecular weight excluding hydrogens is 215 g/mol. The van der Waals surface area contributed by atoms with Crippen LogP contribution in [-0.4, -0.2) is 23.0 Å². The van der Waals surface area contributed by atoms with Crippen LogP contribution in [0.3, 0.4) is 0 Å². The molecule has 17 heavy (non-hydrogen) atoms. The van der Waals surface area contributed by atoms with Crippen molar-refractivity contribution in [2.24, 2.45) is 5.73 Å². The summed E-state index contributed by atoms with van der Waals surface area (Å²) >= 11 is 0. The van der Waals surface area contributed by atoms with Gasteiger partial charge in [-0.15, -0.1) is 0 Å². The molecule has 1 aliphatic rings. The molecule has 1 atom stereocenters. The summed E-state index contributed by atoms with van der Waals surface area (Å²) < 4.78 is 13.6. The molecule has 0 spiro atoms. The molecule has 1 aliphatic heterocycles. The summed E-state index contributed by atoms with van der Waals surface area (Å²) in [4.78, 5) is 2.29. The highest BCUT2D eigenvalue weighted by molar-refractivity contribution is 5.17. The lowest BCUT2D eigenvalue weighted by Gasteiger charge is -2.44. The molecule has 0 bridgehead atoms. The summed E-state index contributed by atoms with van der Waals surface area (Å²) in [6.45, 7) is 5.91. The van der Waals surface area contributed by atoms with E-state index >= 15 is 0 Å². The van der Waals surface area contributed by atoms with Crippen molar-refractivity contribution in [3.8, 4) is 0 Å². The van der Waals surface area contributed by atoms with Crippen LogP contribution in [-0.2, 0) is 6.54 Å². The summed E-state index contributed by atoms with van der Waals surface area (Å²) in [5, 5.41) is 0. The van der Waals surface area contributed by atoms with Gasteiger partial charge in [-0.05, 0) is 32.8 Å². The van der Waals surface area contributed by atoms with Crippen LogP contribution in [0, 0.1) is 5.82 Å². The van der Waals surface area contributed by atoms with Gasteiger partial charge in [0.15, 0.2) is 0 Å². The maximum atomic E-state index is 13.6. The molecule has 0 radical (unpaired) electrons. The van der Waals surface area contributed by atoms with Crippen LogP contribution in [0.15, 0.2) is 24.3 Å². The van der Waals surface area contributed by atoms with E-state index in [0.29, 0.717) is 6.54 Å². The van der Waals surface area contributed by atoms with Gasteiger partial charge < -0.3 is 5.73 Å². The number of benzene rings is 1. The van der Waals surface area contributed by atoms with E-state index in [4.69, 9.17) is 5.73 Å². The van der Waals surface area contributed by atoms with E-state index in [9.17, 15) is 4.39 Å². The highest BCUT2D eigenvalue weighted by Crippen LogP contribution is 2.28. The van der Waals surface area contributed by atoms with Gasteiger partial charge in [-0.1, -0.05) is 18.2 Å². The molecule has 1 unspecified atom stereocenters. The fourth-order valence-electron chi connectivity index (χ4n) is 2.43. The largest absolute Gasteiger partial charge is 0.327 e. The Labute approximate surface area is 103 Å². The molecule has 1 saturated heterocycles. The van der Waals surface area contributed by atoms with Crippen LogP contribution < -0.4 is 5.73 Å². The molecule has 0 saturated carbocycles. The molecule has 1 aromatic carbocycles. The van der Waals surface area contributed by atoms with E-state index in [2.05, 4.69) is 18.7 Å². The van der Waals surface area contributed by atoms with E-state index in [-0.39, 0.29) is 17.4 Å². The topological polar surface area (TPSA) is 29.3 Å². The molecular formula is C14H21FN2. The summed E-state index contributed by atoms with van der Waals surface area (Å²) in [5.74, 6) is -0.123. The smallest absolute Gasteiger partial charge is 0.127 e.